The molecule has 0 saturated carbocycles. The number of piperidine rings is 1. The number of carbonyl (C=O) groups is 1. The van der Waals surface area contributed by atoms with E-state index in [1.807, 2.05) is 0 Å². The molecule has 0 radical (unpaired) electrons. The van der Waals surface area contributed by atoms with Gasteiger partial charge in [-0.2, -0.15) is 0 Å². The number of nitrogens with zero attached hydrogens (tertiary/aromatic N) is 4. The van der Waals surface area contributed by atoms with E-state index in [-0.39, 0.29) is 6.03 Å². The van der Waals surface area contributed by atoms with Gasteiger partial charge >= 0.3 is 6.03 Å². The Hall–Kier alpha value is -2.47. The highest BCUT2D eigenvalue weighted by molar-refractivity contribution is 5.73. The zero-order valence-electron chi connectivity index (χ0n) is 15.3. The number of benzene rings is 1. The molecule has 3 rings (SSSR count). The summed E-state index contributed by atoms with van der Waals surface area (Å²) in [7, 11) is 1.77. The standard InChI is InChI=1S/C20H27N5O/c1-24(16-19-14-21-9-10-22-19)20(26)23-11-13-25-12-5-8-18(15-25)17-6-3-2-4-7-17/h2-4,6-7,9-10,14,18H,5,8,11-13,15-16H2,1H3,(H,23,26)/t18-/m1/s1. The predicted molar refractivity (Wildman–Crippen MR) is 102 cm³/mol. The van der Waals surface area contributed by atoms with Crippen LogP contribution in [0, 0.1) is 0 Å². The van der Waals surface area contributed by atoms with Crippen LogP contribution in [-0.4, -0.2) is 59.0 Å². The van der Waals surface area contributed by atoms with Crippen LogP contribution in [0.4, 0.5) is 4.79 Å². The molecule has 0 unspecified atom stereocenters. The maximum absolute atomic E-state index is 12.2. The van der Waals surface area contributed by atoms with Gasteiger partial charge in [0.2, 0.25) is 0 Å². The van der Waals surface area contributed by atoms with Gasteiger partial charge in [0, 0.05) is 39.1 Å². The fourth-order valence-corrected chi connectivity index (χ4v) is 3.44. The average Bonchev–Trinajstić information content (AvgIpc) is 2.69. The number of amides is 2. The van der Waals surface area contributed by atoms with Crippen LogP contribution in [0.1, 0.15) is 30.0 Å². The highest BCUT2D eigenvalue weighted by Gasteiger charge is 2.21. The second kappa shape index (κ2) is 9.29. The number of nitrogens with one attached hydrogen (secondary N) is 1. The summed E-state index contributed by atoms with van der Waals surface area (Å²) in [6.07, 6.45) is 7.40. The van der Waals surface area contributed by atoms with Gasteiger partial charge in [-0.15, -0.1) is 0 Å². The van der Waals surface area contributed by atoms with Gasteiger partial charge in [0.15, 0.2) is 0 Å². The summed E-state index contributed by atoms with van der Waals surface area (Å²) in [5.41, 5.74) is 2.21. The van der Waals surface area contributed by atoms with E-state index in [0.29, 0.717) is 19.0 Å². The van der Waals surface area contributed by atoms with Crippen LogP contribution in [0.25, 0.3) is 0 Å². The third kappa shape index (κ3) is 5.26. The van der Waals surface area contributed by atoms with Crippen molar-refractivity contribution in [2.45, 2.75) is 25.3 Å². The number of aromatic nitrogens is 2. The lowest BCUT2D eigenvalue weighted by Crippen LogP contribution is -2.43. The largest absolute Gasteiger partial charge is 0.337 e. The Morgan fingerprint density at radius 1 is 1.31 bits per heavy atom. The minimum atomic E-state index is -0.0766. The lowest BCUT2D eigenvalue weighted by Gasteiger charge is -2.33. The monoisotopic (exact) mass is 353 g/mol. The Kier molecular flexibility index (Phi) is 6.55. The molecule has 2 heterocycles. The molecule has 26 heavy (non-hydrogen) atoms. The van der Waals surface area contributed by atoms with Gasteiger partial charge in [-0.1, -0.05) is 30.3 Å². The van der Waals surface area contributed by atoms with E-state index in [0.717, 1.165) is 25.3 Å². The average molecular weight is 353 g/mol. The summed E-state index contributed by atoms with van der Waals surface area (Å²) < 4.78 is 0. The van der Waals surface area contributed by atoms with E-state index in [4.69, 9.17) is 0 Å². The molecule has 2 aromatic rings. The van der Waals surface area contributed by atoms with E-state index < -0.39 is 0 Å². The van der Waals surface area contributed by atoms with Gasteiger partial charge in [-0.05, 0) is 30.9 Å². The van der Waals surface area contributed by atoms with Crippen LogP contribution in [0.15, 0.2) is 48.9 Å². The lowest BCUT2D eigenvalue weighted by molar-refractivity contribution is 0.192. The molecule has 1 saturated heterocycles. The van der Waals surface area contributed by atoms with Crippen molar-refractivity contribution in [2.75, 3.05) is 33.2 Å². The maximum Gasteiger partial charge on any atom is 0.317 e. The summed E-state index contributed by atoms with van der Waals surface area (Å²) in [6, 6.07) is 10.7. The Morgan fingerprint density at radius 2 is 2.15 bits per heavy atom. The van der Waals surface area contributed by atoms with Crippen LogP contribution in [-0.2, 0) is 6.54 Å². The first-order valence-corrected chi connectivity index (χ1v) is 9.23. The molecular formula is C20H27N5O. The summed E-state index contributed by atoms with van der Waals surface area (Å²) in [6.45, 7) is 4.17. The van der Waals surface area contributed by atoms with E-state index in [9.17, 15) is 4.79 Å². The van der Waals surface area contributed by atoms with Crippen molar-refractivity contribution in [1.82, 2.24) is 25.1 Å². The highest BCUT2D eigenvalue weighted by Crippen LogP contribution is 2.26. The molecule has 1 aromatic carbocycles. The molecule has 138 valence electrons. The third-order valence-electron chi connectivity index (χ3n) is 4.84. The number of carbonyl (C=O) groups excluding carboxylic acids is 1. The third-order valence-corrected chi connectivity index (χ3v) is 4.84. The fourth-order valence-electron chi connectivity index (χ4n) is 3.44. The van der Waals surface area contributed by atoms with Gasteiger partial charge in [-0.25, -0.2) is 4.79 Å². The minimum Gasteiger partial charge on any atom is -0.337 e. The Bertz CT molecular complexity index is 679. The van der Waals surface area contributed by atoms with Crippen molar-refractivity contribution in [3.8, 4) is 0 Å². The molecule has 1 N–H and O–H groups in total. The normalized spacial score (nSPS) is 17.7. The molecule has 6 nitrogen and oxygen atoms in total. The second-order valence-electron chi connectivity index (χ2n) is 6.84. The summed E-state index contributed by atoms with van der Waals surface area (Å²) in [5.74, 6) is 0.597. The Morgan fingerprint density at radius 3 is 2.92 bits per heavy atom. The van der Waals surface area contributed by atoms with Gasteiger partial charge < -0.3 is 15.1 Å². The van der Waals surface area contributed by atoms with Crippen molar-refractivity contribution in [1.29, 1.82) is 0 Å². The van der Waals surface area contributed by atoms with Crippen LogP contribution in [0.5, 0.6) is 0 Å². The maximum atomic E-state index is 12.2. The first-order chi connectivity index (χ1) is 12.7. The molecule has 2 amide bonds. The zero-order chi connectivity index (χ0) is 18.2. The van der Waals surface area contributed by atoms with Gasteiger partial charge in [0.05, 0.1) is 18.4 Å². The molecular weight excluding hydrogens is 326 g/mol. The van der Waals surface area contributed by atoms with Crippen molar-refractivity contribution in [2.24, 2.45) is 0 Å². The molecule has 1 atom stereocenters. The SMILES string of the molecule is CN(Cc1cnccn1)C(=O)NCCN1CCC[C@@H](c2ccccc2)C1. The van der Waals surface area contributed by atoms with Crippen molar-refractivity contribution < 1.29 is 4.79 Å². The van der Waals surface area contributed by atoms with Gasteiger partial charge in [0.25, 0.3) is 0 Å². The second-order valence-corrected chi connectivity index (χ2v) is 6.84. The van der Waals surface area contributed by atoms with Crippen molar-refractivity contribution >= 4 is 6.03 Å². The van der Waals surface area contributed by atoms with Crippen LogP contribution >= 0.6 is 0 Å². The summed E-state index contributed by atoms with van der Waals surface area (Å²) in [4.78, 5) is 24.5. The quantitative estimate of drug-likeness (QED) is 0.867. The van der Waals surface area contributed by atoms with Crippen LogP contribution in [0.3, 0.4) is 0 Å². The number of likely N-dealkylation sites (tertiary alicyclic amines) is 1. The smallest absolute Gasteiger partial charge is 0.317 e. The van der Waals surface area contributed by atoms with Crippen LogP contribution in [0.2, 0.25) is 0 Å². The molecule has 0 bridgehead atoms. The topological polar surface area (TPSA) is 61.4 Å². The molecule has 1 aliphatic heterocycles. The zero-order valence-corrected chi connectivity index (χ0v) is 15.3. The van der Waals surface area contributed by atoms with Crippen molar-refractivity contribution in [3.05, 3.63) is 60.2 Å². The first-order valence-electron chi connectivity index (χ1n) is 9.23. The Balaban J connectivity index is 1.40. The fraction of sp³-hybridized carbons (Fsp3) is 0.450. The minimum absolute atomic E-state index is 0.0766. The molecule has 1 fully saturated rings. The first kappa shape index (κ1) is 18.3. The van der Waals surface area contributed by atoms with Crippen LogP contribution < -0.4 is 5.32 Å². The van der Waals surface area contributed by atoms with E-state index in [1.54, 1.807) is 30.5 Å². The number of urea groups is 1. The van der Waals surface area contributed by atoms with Gasteiger partial charge in [-0.3, -0.25) is 9.97 Å². The summed E-state index contributed by atoms with van der Waals surface area (Å²) >= 11 is 0. The predicted octanol–water partition coefficient (Wildman–Crippen LogP) is 2.50. The molecule has 1 aliphatic rings. The van der Waals surface area contributed by atoms with E-state index in [1.165, 1.54) is 18.4 Å². The number of rotatable bonds is 6. The van der Waals surface area contributed by atoms with Gasteiger partial charge in [0.1, 0.15) is 0 Å². The number of hydrogen-bond acceptors (Lipinski definition) is 4. The Labute approximate surface area is 155 Å². The lowest BCUT2D eigenvalue weighted by atomic mass is 9.91. The highest BCUT2D eigenvalue weighted by atomic mass is 16.2. The number of hydrogen-bond donors (Lipinski definition) is 1. The molecule has 0 aliphatic carbocycles. The van der Waals surface area contributed by atoms with E-state index in [2.05, 4.69) is 50.5 Å². The molecule has 0 spiro atoms. The molecule has 1 aromatic heterocycles. The van der Waals surface area contributed by atoms with Crippen molar-refractivity contribution in [3.63, 3.8) is 0 Å². The van der Waals surface area contributed by atoms with E-state index >= 15 is 0 Å². The summed E-state index contributed by atoms with van der Waals surface area (Å²) in [5, 5.41) is 3.00. The molecule has 6 heteroatoms.